The molecule has 0 aliphatic rings. The van der Waals surface area contributed by atoms with Crippen LogP contribution in [0.15, 0.2) is 24.3 Å². The predicted molar refractivity (Wildman–Crippen MR) is 55.6 cm³/mol. The van der Waals surface area contributed by atoms with E-state index < -0.39 is 52.4 Å². The Morgan fingerprint density at radius 3 is 0.958 bits per heavy atom. The molecule has 0 heterocycles. The van der Waals surface area contributed by atoms with Gasteiger partial charge in [0.15, 0.2) is 0 Å². The molecule has 0 unspecified atom stereocenters. The van der Waals surface area contributed by atoms with E-state index in [2.05, 4.69) is 0 Å². The number of hydrogen-bond acceptors (Lipinski definition) is 2. The smallest absolute Gasteiger partial charge is 0.193 e. The van der Waals surface area contributed by atoms with Crippen LogP contribution in [0.2, 0.25) is 0 Å². The highest BCUT2D eigenvalue weighted by atomic mass is 19.4. The Balaban J connectivity index is 3.51. The number of benzene rings is 1. The van der Waals surface area contributed by atoms with Gasteiger partial charge in [-0.3, -0.25) is 0 Å². The Morgan fingerprint density at radius 1 is 0.500 bits per heavy atom. The van der Waals surface area contributed by atoms with Crippen LogP contribution >= 0.6 is 0 Å². The minimum absolute atomic E-state index is 0.0649. The second-order valence-electron chi connectivity index (χ2n) is 4.06. The van der Waals surface area contributed by atoms with E-state index in [-0.39, 0.29) is 18.2 Å². The van der Waals surface area contributed by atoms with Gasteiger partial charge in [-0.15, -0.1) is 52.7 Å². The van der Waals surface area contributed by atoms with Crippen molar-refractivity contribution in [3.05, 3.63) is 24.3 Å². The first-order valence-corrected chi connectivity index (χ1v) is 5.43. The average Bonchev–Trinajstić information content (AvgIpc) is 2.20. The van der Waals surface area contributed by atoms with Crippen LogP contribution in [0.4, 0.5) is 64.1 Å². The summed E-state index contributed by atoms with van der Waals surface area (Å²) in [7, 11) is 0. The first kappa shape index (κ1) is 20.0. The molecule has 0 aromatic heterocycles. The lowest BCUT2D eigenvalue weighted by atomic mass is 10.2. The summed E-state index contributed by atoms with van der Waals surface area (Å²) in [5, 5.41) is 0. The summed E-state index contributed by atoms with van der Waals surface area (Å²) in [6.45, 7) is 0. The Kier molecular flexibility index (Phi) is 4.84. The molecule has 0 N–H and O–H groups in total. The zero-order valence-electron chi connectivity index (χ0n) is 10.7. The van der Waals surface area contributed by atoms with Gasteiger partial charge in [-0.1, -0.05) is 6.07 Å². The molecule has 0 radical (unpaired) electrons. The van der Waals surface area contributed by atoms with Crippen molar-refractivity contribution in [1.82, 2.24) is 0 Å². The zero-order chi connectivity index (χ0) is 19.1. The first-order valence-electron chi connectivity index (χ1n) is 5.43. The number of halogens is 12. The summed E-state index contributed by atoms with van der Waals surface area (Å²) in [6, 6.07) is -0.202. The first-order chi connectivity index (χ1) is 10.5. The van der Waals surface area contributed by atoms with Gasteiger partial charge in [-0.05, 0) is 18.2 Å². The number of hydrogen-bond donors (Lipinski definition) is 0. The van der Waals surface area contributed by atoms with Crippen LogP contribution < -0.4 is 9.80 Å². The van der Waals surface area contributed by atoms with Crippen molar-refractivity contribution in [2.45, 2.75) is 25.2 Å². The zero-order valence-corrected chi connectivity index (χ0v) is 10.7. The molecular weight excluding hydrogens is 376 g/mol. The molecule has 0 amide bonds. The second kappa shape index (κ2) is 5.81. The maximum Gasteiger partial charge on any atom is 0.491 e. The van der Waals surface area contributed by atoms with E-state index in [9.17, 15) is 52.7 Å². The van der Waals surface area contributed by atoms with Crippen LogP contribution in [-0.2, 0) is 0 Å². The Hall–Kier alpha value is -2.02. The molecule has 14 heteroatoms. The highest BCUT2D eigenvalue weighted by Crippen LogP contribution is 2.43. The predicted octanol–water partition coefficient (Wildman–Crippen LogP) is 5.38. The summed E-state index contributed by atoms with van der Waals surface area (Å²) < 4.78 is 149. The van der Waals surface area contributed by atoms with Crippen LogP contribution in [0.5, 0.6) is 0 Å². The minimum atomic E-state index is -6.13. The van der Waals surface area contributed by atoms with Gasteiger partial charge in [-0.25, -0.2) is 0 Å². The Morgan fingerprint density at radius 2 is 0.750 bits per heavy atom. The van der Waals surface area contributed by atoms with Gasteiger partial charge in [-0.2, -0.15) is 9.80 Å². The van der Waals surface area contributed by atoms with E-state index in [1.807, 2.05) is 0 Å². The fourth-order valence-electron chi connectivity index (χ4n) is 1.64. The summed E-state index contributed by atoms with van der Waals surface area (Å²) in [4.78, 5) is -4.43. The lowest BCUT2D eigenvalue weighted by Gasteiger charge is -2.31. The summed E-state index contributed by atoms with van der Waals surface area (Å²) in [6.07, 6.45) is -24.5. The molecule has 0 aliphatic heterocycles. The molecular formula is C10H4F12N2. The van der Waals surface area contributed by atoms with E-state index in [0.717, 1.165) is 0 Å². The van der Waals surface area contributed by atoms with Gasteiger partial charge < -0.3 is 0 Å². The topological polar surface area (TPSA) is 6.48 Å². The summed E-state index contributed by atoms with van der Waals surface area (Å²) in [5.41, 5.74) is -3.93. The van der Waals surface area contributed by atoms with Crippen molar-refractivity contribution in [2.75, 3.05) is 9.80 Å². The third-order valence-corrected chi connectivity index (χ3v) is 2.36. The van der Waals surface area contributed by atoms with E-state index >= 15 is 0 Å². The number of nitrogens with zero attached hydrogens (tertiary/aromatic N) is 2. The summed E-state index contributed by atoms with van der Waals surface area (Å²) in [5.74, 6) is 0. The molecule has 24 heavy (non-hydrogen) atoms. The van der Waals surface area contributed by atoms with Crippen LogP contribution in [0.1, 0.15) is 0 Å². The molecule has 0 saturated carbocycles. The van der Waals surface area contributed by atoms with Gasteiger partial charge >= 0.3 is 25.2 Å². The number of alkyl halides is 12. The highest BCUT2D eigenvalue weighted by Gasteiger charge is 2.56. The average molecular weight is 380 g/mol. The maximum absolute atomic E-state index is 12.5. The van der Waals surface area contributed by atoms with Crippen molar-refractivity contribution in [2.24, 2.45) is 0 Å². The van der Waals surface area contributed by atoms with Crippen molar-refractivity contribution in [3.8, 4) is 0 Å². The summed E-state index contributed by atoms with van der Waals surface area (Å²) >= 11 is 0. The van der Waals surface area contributed by atoms with Crippen LogP contribution in [0.3, 0.4) is 0 Å². The fraction of sp³-hybridized carbons (Fsp3) is 0.400. The molecule has 138 valence electrons. The number of rotatable bonds is 2. The fourth-order valence-corrected chi connectivity index (χ4v) is 1.64. The molecule has 1 aromatic carbocycles. The van der Waals surface area contributed by atoms with Crippen molar-refractivity contribution >= 4 is 11.4 Å². The van der Waals surface area contributed by atoms with E-state index in [4.69, 9.17) is 0 Å². The molecule has 0 fully saturated rings. The monoisotopic (exact) mass is 380 g/mol. The van der Waals surface area contributed by atoms with E-state index in [1.165, 1.54) is 0 Å². The normalized spacial score (nSPS) is 13.8. The standard InChI is InChI=1S/C10H4F12N2/c11-7(12,13)23(8(14,15)16)5-2-1-3-6(4-5)24(9(17,18)19)10(20,21)22/h1-4H. The van der Waals surface area contributed by atoms with Gasteiger partial charge in [0.05, 0.1) is 11.4 Å². The SMILES string of the molecule is FC(F)(F)N(c1cccc(N(C(F)(F)F)C(F)(F)F)c1)C(F)(F)F. The van der Waals surface area contributed by atoms with Crippen LogP contribution in [0.25, 0.3) is 0 Å². The lowest BCUT2D eigenvalue weighted by molar-refractivity contribution is -0.227. The molecule has 0 aliphatic carbocycles. The Labute approximate surface area is 124 Å². The third-order valence-electron chi connectivity index (χ3n) is 2.36. The molecule has 0 spiro atoms. The highest BCUT2D eigenvalue weighted by molar-refractivity contribution is 5.61. The van der Waals surface area contributed by atoms with Crippen molar-refractivity contribution in [1.29, 1.82) is 0 Å². The van der Waals surface area contributed by atoms with Gasteiger partial charge in [0.25, 0.3) is 0 Å². The van der Waals surface area contributed by atoms with Crippen LogP contribution in [0, 0.1) is 0 Å². The molecule has 1 aromatic rings. The van der Waals surface area contributed by atoms with E-state index in [0.29, 0.717) is 0 Å². The van der Waals surface area contributed by atoms with Crippen LogP contribution in [-0.4, -0.2) is 25.2 Å². The van der Waals surface area contributed by atoms with Crippen molar-refractivity contribution in [3.63, 3.8) is 0 Å². The molecule has 0 atom stereocenters. The lowest BCUT2D eigenvalue weighted by Crippen LogP contribution is -2.49. The second-order valence-corrected chi connectivity index (χ2v) is 4.06. The Bertz CT molecular complexity index is 492. The van der Waals surface area contributed by atoms with Gasteiger partial charge in [0.2, 0.25) is 0 Å². The van der Waals surface area contributed by atoms with Gasteiger partial charge in [0.1, 0.15) is 0 Å². The maximum atomic E-state index is 12.5. The number of anilines is 2. The van der Waals surface area contributed by atoms with E-state index in [1.54, 1.807) is 0 Å². The van der Waals surface area contributed by atoms with Gasteiger partial charge in [0, 0.05) is 0 Å². The minimum Gasteiger partial charge on any atom is -0.193 e. The largest absolute Gasteiger partial charge is 0.491 e. The molecule has 0 saturated heterocycles. The van der Waals surface area contributed by atoms with Crippen molar-refractivity contribution < 1.29 is 52.7 Å². The quantitative estimate of drug-likeness (QED) is 0.502. The molecule has 2 nitrogen and oxygen atoms in total. The molecule has 1 rings (SSSR count). The molecule has 0 bridgehead atoms. The third kappa shape index (κ3) is 4.50.